The summed E-state index contributed by atoms with van der Waals surface area (Å²) in [6.45, 7) is 2.78. The molecule has 0 saturated carbocycles. The van der Waals surface area contributed by atoms with Crippen molar-refractivity contribution in [3.63, 3.8) is 0 Å². The quantitative estimate of drug-likeness (QED) is 0.225. The number of ether oxygens (including phenoxy) is 2. The second-order valence-electron chi connectivity index (χ2n) is 10.7. The summed E-state index contributed by atoms with van der Waals surface area (Å²) in [5.41, 5.74) is 4.35. The van der Waals surface area contributed by atoms with Crippen molar-refractivity contribution in [1.29, 1.82) is 0 Å². The van der Waals surface area contributed by atoms with Gasteiger partial charge >= 0.3 is 0 Å². The lowest BCUT2D eigenvalue weighted by atomic mass is 10.1. The first-order valence-corrected chi connectivity index (χ1v) is 16.0. The maximum Gasteiger partial charge on any atom is 0.232 e. The van der Waals surface area contributed by atoms with Gasteiger partial charge in [0.2, 0.25) is 10.0 Å². The van der Waals surface area contributed by atoms with Crippen LogP contribution in [-0.2, 0) is 16.6 Å². The smallest absolute Gasteiger partial charge is 0.232 e. The van der Waals surface area contributed by atoms with E-state index in [1.54, 1.807) is 12.1 Å². The summed E-state index contributed by atoms with van der Waals surface area (Å²) in [4.78, 5) is 5.61. The highest BCUT2D eigenvalue weighted by molar-refractivity contribution is 7.92. The zero-order valence-electron chi connectivity index (χ0n) is 23.6. The van der Waals surface area contributed by atoms with E-state index in [2.05, 4.69) is 40.2 Å². The third kappa shape index (κ3) is 6.23. The van der Waals surface area contributed by atoms with Gasteiger partial charge in [0.05, 0.1) is 30.2 Å². The van der Waals surface area contributed by atoms with E-state index in [9.17, 15) is 13.5 Å². The van der Waals surface area contributed by atoms with Gasteiger partial charge in [-0.2, -0.15) is 0 Å². The Morgan fingerprint density at radius 1 is 0.976 bits per heavy atom. The molecule has 2 N–H and O–H groups in total. The van der Waals surface area contributed by atoms with Gasteiger partial charge in [-0.25, -0.2) is 8.42 Å². The molecular weight excluding hydrogens is 550 g/mol. The zero-order chi connectivity index (χ0) is 29.1. The van der Waals surface area contributed by atoms with Gasteiger partial charge in [0.15, 0.2) is 0 Å². The average Bonchev–Trinajstić information content (AvgIpc) is 3.20. The lowest BCUT2D eigenvalue weighted by Gasteiger charge is -2.27. The molecule has 42 heavy (non-hydrogen) atoms. The predicted molar refractivity (Wildman–Crippen MR) is 167 cm³/mol. The van der Waals surface area contributed by atoms with E-state index < -0.39 is 16.1 Å². The molecule has 1 atom stereocenters. The molecule has 0 spiro atoms. The number of para-hydroxylation sites is 1. The Balaban J connectivity index is 1.18. The number of nitrogens with zero attached hydrogens (tertiary/aromatic N) is 2. The minimum Gasteiger partial charge on any atom is -0.492 e. The van der Waals surface area contributed by atoms with Crippen LogP contribution in [0.3, 0.4) is 0 Å². The number of fused-ring (bicyclic) bond motifs is 4. The maximum atomic E-state index is 12.5. The summed E-state index contributed by atoms with van der Waals surface area (Å²) in [5.74, 6) is 1.29. The van der Waals surface area contributed by atoms with E-state index >= 15 is 0 Å². The number of hydrogen-bond acceptors (Lipinski definition) is 6. The summed E-state index contributed by atoms with van der Waals surface area (Å²) in [6.07, 6.45) is 0.951. The highest BCUT2D eigenvalue weighted by Crippen LogP contribution is 2.35. The largest absolute Gasteiger partial charge is 0.492 e. The van der Waals surface area contributed by atoms with Crippen molar-refractivity contribution in [1.82, 2.24) is 9.88 Å². The highest BCUT2D eigenvalue weighted by atomic mass is 32.2. The number of nitrogens with one attached hydrogen (secondary N) is 1. The van der Waals surface area contributed by atoms with Crippen LogP contribution in [0.4, 0.5) is 5.69 Å². The van der Waals surface area contributed by atoms with E-state index in [1.165, 1.54) is 15.9 Å². The standard InChI is InChI=1S/C33H35N3O5S/c1-42(38,39)36-16-7-18-41-33-15-12-25(20-31(33)36)32(37)23-35(22-24-8-3-2-4-9-24)17-19-40-26-13-14-28-27-10-5-6-11-29(27)34-30(28)21-26/h2-6,8-15,20-21,32,34,37H,7,16-19,22-23H2,1H3/t32-/m0/s1. The molecule has 4 aromatic carbocycles. The molecule has 0 radical (unpaired) electrons. The van der Waals surface area contributed by atoms with Gasteiger partial charge in [-0.1, -0.05) is 54.6 Å². The third-order valence-corrected chi connectivity index (χ3v) is 8.81. The number of sulfonamides is 1. The molecule has 1 aromatic heterocycles. The van der Waals surface area contributed by atoms with Crippen molar-refractivity contribution in [2.45, 2.75) is 19.1 Å². The Morgan fingerprint density at radius 3 is 2.60 bits per heavy atom. The number of hydrogen-bond donors (Lipinski definition) is 2. The van der Waals surface area contributed by atoms with Gasteiger partial charge in [0.1, 0.15) is 18.1 Å². The second kappa shape index (κ2) is 12.1. The first-order chi connectivity index (χ1) is 20.3. The molecule has 1 aliphatic rings. The minimum absolute atomic E-state index is 0.340. The summed E-state index contributed by atoms with van der Waals surface area (Å²) in [7, 11) is -3.49. The van der Waals surface area contributed by atoms with Crippen molar-refractivity contribution < 1.29 is 23.0 Å². The lowest BCUT2D eigenvalue weighted by molar-refractivity contribution is 0.0986. The van der Waals surface area contributed by atoms with Crippen LogP contribution in [-0.4, -0.2) is 62.5 Å². The molecule has 0 unspecified atom stereocenters. The fourth-order valence-corrected chi connectivity index (χ4v) is 6.52. The average molecular weight is 586 g/mol. The van der Waals surface area contributed by atoms with Gasteiger partial charge in [0, 0.05) is 55.0 Å². The highest BCUT2D eigenvalue weighted by Gasteiger charge is 2.25. The van der Waals surface area contributed by atoms with Gasteiger partial charge in [-0.3, -0.25) is 9.21 Å². The van der Waals surface area contributed by atoms with Crippen molar-refractivity contribution in [2.24, 2.45) is 0 Å². The monoisotopic (exact) mass is 585 g/mol. The van der Waals surface area contributed by atoms with Crippen LogP contribution in [0.5, 0.6) is 11.5 Å². The lowest BCUT2D eigenvalue weighted by Crippen LogP contribution is -2.32. The molecule has 0 aliphatic carbocycles. The van der Waals surface area contributed by atoms with Crippen LogP contribution in [0.2, 0.25) is 0 Å². The van der Waals surface area contributed by atoms with Crippen LogP contribution in [0.1, 0.15) is 23.7 Å². The topological polar surface area (TPSA) is 95.1 Å². The molecule has 1 aliphatic heterocycles. The Hall–Kier alpha value is -4.05. The Bertz CT molecular complexity index is 1790. The molecule has 0 bridgehead atoms. The molecule has 9 heteroatoms. The number of benzene rings is 4. The van der Waals surface area contributed by atoms with Gasteiger partial charge in [0.25, 0.3) is 0 Å². The van der Waals surface area contributed by atoms with Gasteiger partial charge in [-0.05, 0) is 41.5 Å². The van der Waals surface area contributed by atoms with E-state index in [0.717, 1.165) is 27.7 Å². The summed E-state index contributed by atoms with van der Waals surface area (Å²) in [6, 6.07) is 29.7. The first kappa shape index (κ1) is 28.1. The number of H-pyrrole nitrogens is 1. The Kier molecular flexibility index (Phi) is 8.06. The van der Waals surface area contributed by atoms with Crippen LogP contribution in [0.15, 0.2) is 91.0 Å². The maximum absolute atomic E-state index is 12.5. The third-order valence-electron chi connectivity index (χ3n) is 7.63. The Labute approximate surface area is 246 Å². The number of aliphatic hydroxyl groups excluding tert-OH is 1. The number of aliphatic hydroxyl groups is 1. The SMILES string of the molecule is CS(=O)(=O)N1CCCOc2ccc([C@@H](O)CN(CCOc3ccc4c(c3)[nH]c3ccccc34)Cc3ccccc3)cc21. The van der Waals surface area contributed by atoms with Crippen LogP contribution in [0, 0.1) is 0 Å². The van der Waals surface area contributed by atoms with Crippen LogP contribution >= 0.6 is 0 Å². The molecule has 0 saturated heterocycles. The molecule has 0 amide bonds. The van der Waals surface area contributed by atoms with Crippen molar-refractivity contribution in [2.75, 3.05) is 43.4 Å². The number of anilines is 1. The normalized spacial score (nSPS) is 14.5. The molecule has 2 heterocycles. The number of aromatic amines is 1. The minimum atomic E-state index is -3.49. The fraction of sp³-hybridized carbons (Fsp3) is 0.273. The fourth-order valence-electron chi connectivity index (χ4n) is 5.56. The predicted octanol–water partition coefficient (Wildman–Crippen LogP) is 5.48. The summed E-state index contributed by atoms with van der Waals surface area (Å²) >= 11 is 0. The molecular formula is C33H35N3O5S. The van der Waals surface area contributed by atoms with E-state index in [1.807, 2.05) is 48.5 Å². The van der Waals surface area contributed by atoms with Crippen molar-refractivity contribution >= 4 is 37.5 Å². The number of aromatic nitrogens is 1. The van der Waals surface area contributed by atoms with Crippen LogP contribution in [0.25, 0.3) is 21.8 Å². The zero-order valence-corrected chi connectivity index (χ0v) is 24.4. The van der Waals surface area contributed by atoms with Crippen molar-refractivity contribution in [3.8, 4) is 11.5 Å². The van der Waals surface area contributed by atoms with E-state index in [0.29, 0.717) is 62.8 Å². The van der Waals surface area contributed by atoms with E-state index in [-0.39, 0.29) is 0 Å². The molecule has 8 nitrogen and oxygen atoms in total. The Morgan fingerprint density at radius 2 is 1.76 bits per heavy atom. The number of rotatable bonds is 10. The first-order valence-electron chi connectivity index (χ1n) is 14.2. The molecule has 6 rings (SSSR count). The molecule has 0 fully saturated rings. The second-order valence-corrected chi connectivity index (χ2v) is 12.6. The van der Waals surface area contributed by atoms with Gasteiger partial charge in [-0.15, -0.1) is 0 Å². The van der Waals surface area contributed by atoms with Gasteiger partial charge < -0.3 is 19.6 Å². The summed E-state index contributed by atoms with van der Waals surface area (Å²) in [5, 5.41) is 13.7. The molecule has 5 aromatic rings. The summed E-state index contributed by atoms with van der Waals surface area (Å²) < 4.78 is 38.3. The van der Waals surface area contributed by atoms with E-state index in [4.69, 9.17) is 9.47 Å². The molecule has 218 valence electrons. The van der Waals surface area contributed by atoms with Crippen molar-refractivity contribution in [3.05, 3.63) is 102 Å². The van der Waals surface area contributed by atoms with Crippen LogP contribution < -0.4 is 13.8 Å².